The molecule has 1 aromatic heterocycles. The summed E-state index contributed by atoms with van der Waals surface area (Å²) >= 11 is 0. The van der Waals surface area contributed by atoms with E-state index in [0.29, 0.717) is 29.3 Å². The topological polar surface area (TPSA) is 120 Å². The number of nitrogens with one attached hydrogen (secondary N) is 2. The van der Waals surface area contributed by atoms with E-state index in [2.05, 4.69) is 20.0 Å². The Morgan fingerprint density at radius 2 is 1.69 bits per heavy atom. The molecule has 0 aliphatic carbocycles. The largest absolute Gasteiger partial charge is 0.497 e. The Morgan fingerprint density at radius 3 is 2.28 bits per heavy atom. The molecule has 168 valence electrons. The van der Waals surface area contributed by atoms with E-state index in [9.17, 15) is 13.2 Å². The average molecular weight is 457 g/mol. The Bertz CT molecular complexity index is 1170. The number of methoxy groups -OCH3 is 1. The fourth-order valence-corrected chi connectivity index (χ4v) is 3.71. The molecule has 0 radical (unpaired) electrons. The zero-order valence-electron chi connectivity index (χ0n) is 17.9. The van der Waals surface area contributed by atoms with Crippen LogP contribution in [-0.2, 0) is 14.8 Å². The van der Waals surface area contributed by atoms with Crippen LogP contribution < -0.4 is 19.5 Å². The van der Waals surface area contributed by atoms with Gasteiger partial charge >= 0.3 is 0 Å². The number of nitrogens with zero attached hydrogens (tertiary/aromatic N) is 2. The molecule has 3 rings (SSSR count). The minimum atomic E-state index is -3.87. The second kappa shape index (κ2) is 10.1. The molecule has 0 unspecified atom stereocenters. The summed E-state index contributed by atoms with van der Waals surface area (Å²) in [7, 11) is -2.29. The van der Waals surface area contributed by atoms with Crippen molar-refractivity contribution in [1.82, 2.24) is 9.97 Å². The molecule has 2 aromatic carbocycles. The van der Waals surface area contributed by atoms with Crippen molar-refractivity contribution in [2.45, 2.75) is 31.3 Å². The lowest BCUT2D eigenvalue weighted by Gasteiger charge is -2.17. The highest BCUT2D eigenvalue weighted by molar-refractivity contribution is 7.92. The third-order valence-corrected chi connectivity index (χ3v) is 5.80. The van der Waals surface area contributed by atoms with Crippen LogP contribution in [0.4, 0.5) is 11.6 Å². The molecule has 0 spiro atoms. The van der Waals surface area contributed by atoms with E-state index in [0.717, 1.165) is 0 Å². The van der Waals surface area contributed by atoms with Crippen LogP contribution in [0.5, 0.6) is 11.5 Å². The van der Waals surface area contributed by atoms with Gasteiger partial charge in [0, 0.05) is 17.6 Å². The second-order valence-electron chi connectivity index (χ2n) is 6.83. The molecule has 1 heterocycles. The molecule has 9 nitrogen and oxygen atoms in total. The van der Waals surface area contributed by atoms with E-state index >= 15 is 0 Å². The monoisotopic (exact) mass is 456 g/mol. The highest BCUT2D eigenvalue weighted by Gasteiger charge is 2.20. The quantitative estimate of drug-likeness (QED) is 0.506. The van der Waals surface area contributed by atoms with E-state index in [-0.39, 0.29) is 16.8 Å². The van der Waals surface area contributed by atoms with Gasteiger partial charge in [-0.25, -0.2) is 23.1 Å². The van der Waals surface area contributed by atoms with Gasteiger partial charge in [-0.1, -0.05) is 6.92 Å². The summed E-state index contributed by atoms with van der Waals surface area (Å²) in [6.45, 7) is 3.57. The molecule has 32 heavy (non-hydrogen) atoms. The molecule has 0 saturated heterocycles. The molecule has 0 aliphatic rings. The summed E-state index contributed by atoms with van der Waals surface area (Å²) < 4.78 is 38.3. The lowest BCUT2D eigenvalue weighted by Crippen LogP contribution is -2.32. The number of carbonyl (C=O) groups is 1. The Balaban J connectivity index is 1.65. The van der Waals surface area contributed by atoms with Crippen LogP contribution in [0.1, 0.15) is 19.0 Å². The van der Waals surface area contributed by atoms with Crippen molar-refractivity contribution in [3.8, 4) is 11.5 Å². The maximum atomic E-state index is 12.6. The molecule has 0 fully saturated rings. The number of amides is 1. The summed E-state index contributed by atoms with van der Waals surface area (Å²) in [5.74, 6) is 0.876. The van der Waals surface area contributed by atoms with Crippen LogP contribution in [0.15, 0.2) is 65.7 Å². The predicted octanol–water partition coefficient (Wildman–Crippen LogP) is 3.39. The Hall–Kier alpha value is -3.66. The van der Waals surface area contributed by atoms with E-state index in [1.807, 2.05) is 6.92 Å². The zero-order valence-corrected chi connectivity index (χ0v) is 18.7. The van der Waals surface area contributed by atoms with Gasteiger partial charge in [-0.3, -0.25) is 4.79 Å². The predicted molar refractivity (Wildman–Crippen MR) is 120 cm³/mol. The highest BCUT2D eigenvalue weighted by Crippen LogP contribution is 2.20. The molecule has 1 atom stereocenters. The maximum absolute atomic E-state index is 12.6. The second-order valence-corrected chi connectivity index (χ2v) is 8.51. The zero-order chi connectivity index (χ0) is 23.1. The number of anilines is 2. The van der Waals surface area contributed by atoms with Crippen LogP contribution in [0.25, 0.3) is 0 Å². The molecule has 10 heteroatoms. The van der Waals surface area contributed by atoms with Crippen molar-refractivity contribution in [3.05, 3.63) is 66.5 Å². The number of rotatable bonds is 9. The first kappa shape index (κ1) is 23.0. The fourth-order valence-electron chi connectivity index (χ4n) is 2.76. The molecular formula is C22H24N4O5S. The third kappa shape index (κ3) is 5.94. The van der Waals surface area contributed by atoms with Crippen molar-refractivity contribution in [2.24, 2.45) is 0 Å². The standard InChI is InChI=1S/C22H24N4O5S/c1-4-20(31-18-9-7-17(30-3)8-10-18)21(27)25-16-5-11-19(12-6-16)32(28,29)26-22-23-14-13-15(2)24-22/h5-14,20H,4H2,1-3H3,(H,25,27)(H,23,24,26)/t20-/m0/s1. The van der Waals surface area contributed by atoms with Crippen molar-refractivity contribution < 1.29 is 22.7 Å². The van der Waals surface area contributed by atoms with Crippen molar-refractivity contribution in [3.63, 3.8) is 0 Å². The van der Waals surface area contributed by atoms with Gasteiger partial charge in [0.1, 0.15) is 11.5 Å². The van der Waals surface area contributed by atoms with E-state index in [1.165, 1.54) is 30.5 Å². The fraction of sp³-hybridized carbons (Fsp3) is 0.227. The molecular weight excluding hydrogens is 432 g/mol. The molecule has 0 saturated carbocycles. The van der Waals surface area contributed by atoms with E-state index < -0.39 is 16.1 Å². The SMILES string of the molecule is CC[C@H](Oc1ccc(OC)cc1)C(=O)Nc1ccc(S(=O)(=O)Nc2nccc(C)n2)cc1. The van der Waals surface area contributed by atoms with Crippen LogP contribution in [0.3, 0.4) is 0 Å². The minimum absolute atomic E-state index is 0.0103. The Morgan fingerprint density at radius 1 is 1.03 bits per heavy atom. The number of sulfonamides is 1. The molecule has 3 aromatic rings. The van der Waals surface area contributed by atoms with Gasteiger partial charge in [-0.05, 0) is 67.9 Å². The number of hydrogen-bond donors (Lipinski definition) is 2. The van der Waals surface area contributed by atoms with Crippen LogP contribution in [0.2, 0.25) is 0 Å². The van der Waals surface area contributed by atoms with Gasteiger partial charge < -0.3 is 14.8 Å². The van der Waals surface area contributed by atoms with Crippen molar-refractivity contribution >= 4 is 27.6 Å². The first-order valence-electron chi connectivity index (χ1n) is 9.85. The van der Waals surface area contributed by atoms with Crippen molar-refractivity contribution in [2.75, 3.05) is 17.1 Å². The highest BCUT2D eigenvalue weighted by atomic mass is 32.2. The first-order chi connectivity index (χ1) is 15.3. The summed E-state index contributed by atoms with van der Waals surface area (Å²) in [6.07, 6.45) is 1.20. The number of benzene rings is 2. The van der Waals surface area contributed by atoms with E-state index in [1.54, 1.807) is 44.4 Å². The van der Waals surface area contributed by atoms with Gasteiger partial charge in [-0.15, -0.1) is 0 Å². The van der Waals surface area contributed by atoms with Crippen LogP contribution >= 0.6 is 0 Å². The van der Waals surface area contributed by atoms with Crippen molar-refractivity contribution in [1.29, 1.82) is 0 Å². The summed E-state index contributed by atoms with van der Waals surface area (Å²) in [5, 5.41) is 2.74. The molecule has 0 aliphatic heterocycles. The third-order valence-electron chi connectivity index (χ3n) is 4.45. The summed E-state index contributed by atoms with van der Waals surface area (Å²) in [4.78, 5) is 20.6. The number of hydrogen-bond acceptors (Lipinski definition) is 7. The maximum Gasteiger partial charge on any atom is 0.265 e. The van der Waals surface area contributed by atoms with Crippen LogP contribution in [0, 0.1) is 6.92 Å². The van der Waals surface area contributed by atoms with Gasteiger partial charge in [0.05, 0.1) is 12.0 Å². The number of aromatic nitrogens is 2. The number of ether oxygens (including phenoxy) is 2. The van der Waals surface area contributed by atoms with Gasteiger partial charge in [0.25, 0.3) is 15.9 Å². The number of carbonyl (C=O) groups excluding carboxylic acids is 1. The first-order valence-corrected chi connectivity index (χ1v) is 11.3. The van der Waals surface area contributed by atoms with Gasteiger partial charge in [0.15, 0.2) is 6.10 Å². The molecule has 1 amide bonds. The van der Waals surface area contributed by atoms with Gasteiger partial charge in [-0.2, -0.15) is 0 Å². The summed E-state index contributed by atoms with van der Waals surface area (Å²) in [5.41, 5.74) is 1.08. The summed E-state index contributed by atoms with van der Waals surface area (Å²) in [6, 6.07) is 14.4. The van der Waals surface area contributed by atoms with E-state index in [4.69, 9.17) is 9.47 Å². The molecule has 2 N–H and O–H groups in total. The smallest absolute Gasteiger partial charge is 0.265 e. The average Bonchev–Trinajstić information content (AvgIpc) is 2.78. The molecule has 0 bridgehead atoms. The number of aryl methyl sites for hydroxylation is 1. The minimum Gasteiger partial charge on any atom is -0.497 e. The normalized spacial score (nSPS) is 12.0. The lowest BCUT2D eigenvalue weighted by atomic mass is 10.2. The lowest BCUT2D eigenvalue weighted by molar-refractivity contribution is -0.122. The Labute approximate surface area is 186 Å². The Kier molecular flexibility index (Phi) is 7.26. The van der Waals surface area contributed by atoms with Gasteiger partial charge in [0.2, 0.25) is 5.95 Å². The van der Waals surface area contributed by atoms with Crippen LogP contribution in [-0.4, -0.2) is 37.5 Å².